The molecule has 118 valence electrons. The van der Waals surface area contributed by atoms with Gasteiger partial charge in [-0.3, -0.25) is 0 Å². The summed E-state index contributed by atoms with van der Waals surface area (Å²) < 4.78 is 5.63. The Kier molecular flexibility index (Phi) is 6.06. The summed E-state index contributed by atoms with van der Waals surface area (Å²) in [5.41, 5.74) is 6.78. The lowest BCUT2D eigenvalue weighted by molar-refractivity contribution is 0.416. The highest BCUT2D eigenvalue weighted by atomic mass is 16.5. The van der Waals surface area contributed by atoms with Gasteiger partial charge in [0.15, 0.2) is 0 Å². The van der Waals surface area contributed by atoms with Crippen molar-refractivity contribution in [1.82, 2.24) is 0 Å². The SMILES string of the molecule is CCCc1ccc(CC)c(-c2cc(CCC)ccc2OC)c1. The molecular formula is C21H28O. The van der Waals surface area contributed by atoms with Crippen LogP contribution in [0, 0.1) is 0 Å². The Morgan fingerprint density at radius 2 is 1.36 bits per heavy atom. The fourth-order valence-corrected chi connectivity index (χ4v) is 3.04. The quantitative estimate of drug-likeness (QED) is 0.624. The van der Waals surface area contributed by atoms with Crippen LogP contribution in [-0.2, 0) is 19.3 Å². The zero-order valence-electron chi connectivity index (χ0n) is 14.4. The first-order valence-electron chi connectivity index (χ1n) is 8.52. The van der Waals surface area contributed by atoms with E-state index >= 15 is 0 Å². The Morgan fingerprint density at radius 3 is 1.91 bits per heavy atom. The number of ether oxygens (including phenoxy) is 1. The van der Waals surface area contributed by atoms with E-state index in [1.807, 2.05) is 0 Å². The molecule has 22 heavy (non-hydrogen) atoms. The maximum Gasteiger partial charge on any atom is 0.126 e. The van der Waals surface area contributed by atoms with Crippen LogP contribution >= 0.6 is 0 Å². The number of methoxy groups -OCH3 is 1. The molecule has 0 saturated carbocycles. The molecule has 0 aromatic heterocycles. The van der Waals surface area contributed by atoms with Crippen LogP contribution in [0.5, 0.6) is 5.75 Å². The molecule has 1 nitrogen and oxygen atoms in total. The zero-order valence-corrected chi connectivity index (χ0v) is 14.4. The highest BCUT2D eigenvalue weighted by Gasteiger charge is 2.11. The first-order valence-corrected chi connectivity index (χ1v) is 8.52. The number of benzene rings is 2. The number of aryl methyl sites for hydroxylation is 3. The van der Waals surface area contributed by atoms with E-state index < -0.39 is 0 Å². The van der Waals surface area contributed by atoms with E-state index in [0.29, 0.717) is 0 Å². The van der Waals surface area contributed by atoms with E-state index in [4.69, 9.17) is 4.74 Å². The maximum absolute atomic E-state index is 5.63. The van der Waals surface area contributed by atoms with Gasteiger partial charge in [0.2, 0.25) is 0 Å². The second kappa shape index (κ2) is 8.03. The Morgan fingerprint density at radius 1 is 0.773 bits per heavy atom. The highest BCUT2D eigenvalue weighted by molar-refractivity contribution is 5.74. The predicted octanol–water partition coefficient (Wildman–Crippen LogP) is 5.83. The lowest BCUT2D eigenvalue weighted by Crippen LogP contribution is -1.96. The first kappa shape index (κ1) is 16.6. The average molecular weight is 296 g/mol. The summed E-state index contributed by atoms with van der Waals surface area (Å²) in [4.78, 5) is 0. The van der Waals surface area contributed by atoms with Crippen LogP contribution in [0.2, 0.25) is 0 Å². The topological polar surface area (TPSA) is 9.23 Å². The molecule has 2 aromatic rings. The first-order chi connectivity index (χ1) is 10.7. The van der Waals surface area contributed by atoms with Gasteiger partial charge in [-0.25, -0.2) is 0 Å². The van der Waals surface area contributed by atoms with Gasteiger partial charge in [0.25, 0.3) is 0 Å². The van der Waals surface area contributed by atoms with Crippen molar-refractivity contribution in [2.24, 2.45) is 0 Å². The monoisotopic (exact) mass is 296 g/mol. The number of rotatable bonds is 7. The minimum atomic E-state index is 0.975. The van der Waals surface area contributed by atoms with Crippen LogP contribution < -0.4 is 4.74 Å². The zero-order chi connectivity index (χ0) is 15.9. The molecule has 1 heteroatoms. The summed E-state index contributed by atoms with van der Waals surface area (Å²) in [7, 11) is 1.76. The Balaban J connectivity index is 2.56. The molecule has 0 N–H and O–H groups in total. The highest BCUT2D eigenvalue weighted by Crippen LogP contribution is 2.34. The molecule has 0 atom stereocenters. The van der Waals surface area contributed by atoms with E-state index in [2.05, 4.69) is 57.2 Å². The van der Waals surface area contributed by atoms with Crippen molar-refractivity contribution in [1.29, 1.82) is 0 Å². The normalized spacial score (nSPS) is 10.7. The van der Waals surface area contributed by atoms with E-state index in [9.17, 15) is 0 Å². The van der Waals surface area contributed by atoms with E-state index in [-0.39, 0.29) is 0 Å². The molecule has 2 aromatic carbocycles. The third kappa shape index (κ3) is 3.71. The number of hydrogen-bond donors (Lipinski definition) is 0. The van der Waals surface area contributed by atoms with Crippen LogP contribution in [-0.4, -0.2) is 7.11 Å². The third-order valence-corrected chi connectivity index (χ3v) is 4.19. The summed E-state index contributed by atoms with van der Waals surface area (Å²) >= 11 is 0. The minimum absolute atomic E-state index is 0.975. The average Bonchev–Trinajstić information content (AvgIpc) is 2.55. The van der Waals surface area contributed by atoms with Crippen molar-refractivity contribution >= 4 is 0 Å². The Hall–Kier alpha value is -1.76. The molecule has 0 unspecified atom stereocenters. The van der Waals surface area contributed by atoms with Gasteiger partial charge in [-0.05, 0) is 53.6 Å². The van der Waals surface area contributed by atoms with Crippen LogP contribution in [0.4, 0.5) is 0 Å². The van der Waals surface area contributed by atoms with E-state index in [1.54, 1.807) is 7.11 Å². The molecule has 0 heterocycles. The fourth-order valence-electron chi connectivity index (χ4n) is 3.04. The fraction of sp³-hybridized carbons (Fsp3) is 0.429. The molecule has 0 aliphatic heterocycles. The molecular weight excluding hydrogens is 268 g/mol. The third-order valence-electron chi connectivity index (χ3n) is 4.19. The Labute approximate surface area is 135 Å². The molecule has 0 fully saturated rings. The predicted molar refractivity (Wildman–Crippen MR) is 95.8 cm³/mol. The molecule has 0 bridgehead atoms. The summed E-state index contributed by atoms with van der Waals surface area (Å²) in [6, 6.07) is 13.5. The van der Waals surface area contributed by atoms with Crippen molar-refractivity contribution in [3.63, 3.8) is 0 Å². The van der Waals surface area contributed by atoms with Gasteiger partial charge in [0.05, 0.1) is 7.11 Å². The Bertz CT molecular complexity index is 558. The summed E-state index contributed by atoms with van der Waals surface area (Å²) in [6.07, 6.45) is 5.64. The summed E-state index contributed by atoms with van der Waals surface area (Å²) in [5, 5.41) is 0. The molecule has 0 saturated heterocycles. The van der Waals surface area contributed by atoms with Crippen molar-refractivity contribution in [3.8, 4) is 16.9 Å². The summed E-state index contributed by atoms with van der Waals surface area (Å²) in [5.74, 6) is 0.975. The van der Waals surface area contributed by atoms with Gasteiger partial charge in [-0.1, -0.05) is 57.9 Å². The van der Waals surface area contributed by atoms with Crippen molar-refractivity contribution in [2.45, 2.75) is 52.9 Å². The standard InChI is InChI=1S/C21H28O/c1-5-8-16-10-12-18(7-3)19(14-16)20-15-17(9-6-2)11-13-21(20)22-4/h10-15H,5-9H2,1-4H3. The molecule has 2 rings (SSSR count). The van der Waals surface area contributed by atoms with Gasteiger partial charge >= 0.3 is 0 Å². The van der Waals surface area contributed by atoms with Crippen molar-refractivity contribution in [2.75, 3.05) is 7.11 Å². The second-order valence-corrected chi connectivity index (χ2v) is 5.88. The molecule has 0 spiro atoms. The second-order valence-electron chi connectivity index (χ2n) is 5.88. The molecule has 0 amide bonds. The maximum atomic E-state index is 5.63. The largest absolute Gasteiger partial charge is 0.496 e. The molecule has 0 radical (unpaired) electrons. The van der Waals surface area contributed by atoms with Gasteiger partial charge in [0.1, 0.15) is 5.75 Å². The molecule has 0 aliphatic rings. The van der Waals surface area contributed by atoms with Gasteiger partial charge in [-0.15, -0.1) is 0 Å². The van der Waals surface area contributed by atoms with Gasteiger partial charge < -0.3 is 4.74 Å². The lowest BCUT2D eigenvalue weighted by Gasteiger charge is -2.15. The van der Waals surface area contributed by atoms with Crippen LogP contribution in [0.15, 0.2) is 36.4 Å². The van der Waals surface area contributed by atoms with Crippen LogP contribution in [0.1, 0.15) is 50.3 Å². The van der Waals surface area contributed by atoms with Crippen LogP contribution in [0.25, 0.3) is 11.1 Å². The van der Waals surface area contributed by atoms with E-state index in [0.717, 1.165) is 25.0 Å². The van der Waals surface area contributed by atoms with Gasteiger partial charge in [0, 0.05) is 5.56 Å². The van der Waals surface area contributed by atoms with Crippen molar-refractivity contribution in [3.05, 3.63) is 53.1 Å². The smallest absolute Gasteiger partial charge is 0.126 e. The van der Waals surface area contributed by atoms with E-state index in [1.165, 1.54) is 40.7 Å². The van der Waals surface area contributed by atoms with Crippen molar-refractivity contribution < 1.29 is 4.74 Å². The number of hydrogen-bond acceptors (Lipinski definition) is 1. The minimum Gasteiger partial charge on any atom is -0.496 e. The summed E-state index contributed by atoms with van der Waals surface area (Å²) in [6.45, 7) is 6.68. The lowest BCUT2D eigenvalue weighted by atomic mass is 9.92. The van der Waals surface area contributed by atoms with Gasteiger partial charge in [-0.2, -0.15) is 0 Å². The van der Waals surface area contributed by atoms with Crippen LogP contribution in [0.3, 0.4) is 0 Å². The molecule has 0 aliphatic carbocycles.